The number of ether oxygens (including phenoxy) is 2. The third kappa shape index (κ3) is 4.36. The standard InChI is InChI=1S/C19H23NO3S/c1-14(23-13-15-5-3-6-17(11-15)22-2)19(21)20(16-8-9-16)12-18-7-4-10-24-18/h3-7,10-11,14,16H,8-9,12-13H2,1-2H3. The smallest absolute Gasteiger partial charge is 0.252 e. The maximum Gasteiger partial charge on any atom is 0.252 e. The van der Waals surface area contributed by atoms with Crippen LogP contribution in [0.25, 0.3) is 0 Å². The Hall–Kier alpha value is -1.85. The highest BCUT2D eigenvalue weighted by atomic mass is 32.1. The van der Waals surface area contributed by atoms with Gasteiger partial charge in [0.25, 0.3) is 5.91 Å². The van der Waals surface area contributed by atoms with Crippen LogP contribution >= 0.6 is 11.3 Å². The van der Waals surface area contributed by atoms with Crippen LogP contribution in [0.15, 0.2) is 41.8 Å². The summed E-state index contributed by atoms with van der Waals surface area (Å²) in [6.07, 6.45) is 1.75. The molecule has 5 heteroatoms. The molecule has 1 aromatic carbocycles. The monoisotopic (exact) mass is 345 g/mol. The highest BCUT2D eigenvalue weighted by molar-refractivity contribution is 7.09. The quantitative estimate of drug-likeness (QED) is 0.729. The number of carbonyl (C=O) groups excluding carboxylic acids is 1. The number of methoxy groups -OCH3 is 1. The largest absolute Gasteiger partial charge is 0.497 e. The Bertz CT molecular complexity index is 667. The normalized spacial score (nSPS) is 15.1. The van der Waals surface area contributed by atoms with E-state index in [1.807, 2.05) is 47.5 Å². The van der Waals surface area contributed by atoms with E-state index in [0.29, 0.717) is 19.2 Å². The van der Waals surface area contributed by atoms with E-state index in [4.69, 9.17) is 9.47 Å². The summed E-state index contributed by atoms with van der Waals surface area (Å²) in [4.78, 5) is 16.0. The summed E-state index contributed by atoms with van der Waals surface area (Å²) in [5.41, 5.74) is 1.00. The summed E-state index contributed by atoms with van der Waals surface area (Å²) in [5.74, 6) is 0.876. The first-order valence-electron chi connectivity index (χ1n) is 8.25. The van der Waals surface area contributed by atoms with Gasteiger partial charge in [0.15, 0.2) is 0 Å². The average Bonchev–Trinajstić information content (AvgIpc) is 3.33. The number of carbonyl (C=O) groups is 1. The molecule has 1 saturated carbocycles. The van der Waals surface area contributed by atoms with Crippen LogP contribution in [0, 0.1) is 0 Å². The first-order valence-corrected chi connectivity index (χ1v) is 9.12. The van der Waals surface area contributed by atoms with Gasteiger partial charge in [0.1, 0.15) is 11.9 Å². The van der Waals surface area contributed by atoms with Gasteiger partial charge >= 0.3 is 0 Å². The van der Waals surface area contributed by atoms with Crippen LogP contribution in [-0.4, -0.2) is 30.1 Å². The van der Waals surface area contributed by atoms with Crippen LogP contribution in [0.5, 0.6) is 5.75 Å². The van der Waals surface area contributed by atoms with Crippen molar-refractivity contribution in [2.45, 2.75) is 45.1 Å². The molecule has 2 aromatic rings. The van der Waals surface area contributed by atoms with Crippen molar-refractivity contribution in [1.82, 2.24) is 4.90 Å². The minimum atomic E-state index is -0.447. The zero-order valence-electron chi connectivity index (χ0n) is 14.1. The molecule has 0 radical (unpaired) electrons. The highest BCUT2D eigenvalue weighted by Crippen LogP contribution is 2.30. The van der Waals surface area contributed by atoms with E-state index in [1.54, 1.807) is 18.4 Å². The predicted molar refractivity (Wildman–Crippen MR) is 95.1 cm³/mol. The molecule has 1 amide bonds. The number of amides is 1. The van der Waals surface area contributed by atoms with Crippen molar-refractivity contribution in [3.05, 3.63) is 52.2 Å². The first-order chi connectivity index (χ1) is 11.7. The summed E-state index contributed by atoms with van der Waals surface area (Å²) in [6.45, 7) is 2.93. The van der Waals surface area contributed by atoms with Crippen molar-refractivity contribution in [2.24, 2.45) is 0 Å². The Labute approximate surface area is 147 Å². The molecule has 128 valence electrons. The Morgan fingerprint density at radius 1 is 1.33 bits per heavy atom. The van der Waals surface area contributed by atoms with Gasteiger partial charge in [0, 0.05) is 10.9 Å². The lowest BCUT2D eigenvalue weighted by Gasteiger charge is -2.25. The van der Waals surface area contributed by atoms with Gasteiger partial charge in [0.2, 0.25) is 0 Å². The van der Waals surface area contributed by atoms with Crippen LogP contribution in [-0.2, 0) is 22.7 Å². The molecule has 4 nitrogen and oxygen atoms in total. The minimum Gasteiger partial charge on any atom is -0.497 e. The number of hydrogen-bond donors (Lipinski definition) is 0. The molecule has 1 heterocycles. The second-order valence-corrected chi connectivity index (χ2v) is 7.11. The fraction of sp³-hybridized carbons (Fsp3) is 0.421. The SMILES string of the molecule is COc1cccc(COC(C)C(=O)N(Cc2cccs2)C2CC2)c1. The number of nitrogens with zero attached hydrogens (tertiary/aromatic N) is 1. The van der Waals surface area contributed by atoms with Crippen LogP contribution in [0.1, 0.15) is 30.2 Å². The molecule has 0 aliphatic heterocycles. The van der Waals surface area contributed by atoms with E-state index in [1.165, 1.54) is 4.88 Å². The Morgan fingerprint density at radius 3 is 2.83 bits per heavy atom. The third-order valence-corrected chi connectivity index (χ3v) is 5.02. The zero-order chi connectivity index (χ0) is 16.9. The van der Waals surface area contributed by atoms with Gasteiger partial charge in [-0.15, -0.1) is 11.3 Å². The van der Waals surface area contributed by atoms with E-state index in [2.05, 4.69) is 6.07 Å². The predicted octanol–water partition coefficient (Wildman–Crippen LogP) is 3.85. The molecule has 0 saturated heterocycles. The van der Waals surface area contributed by atoms with Crippen molar-refractivity contribution in [2.75, 3.05) is 7.11 Å². The second kappa shape index (κ2) is 7.81. The van der Waals surface area contributed by atoms with Crippen LogP contribution in [0.2, 0.25) is 0 Å². The summed E-state index contributed by atoms with van der Waals surface area (Å²) in [6, 6.07) is 12.2. The lowest BCUT2D eigenvalue weighted by Crippen LogP contribution is -2.39. The van der Waals surface area contributed by atoms with Crippen LogP contribution < -0.4 is 4.74 Å². The Morgan fingerprint density at radius 2 is 2.17 bits per heavy atom. The summed E-state index contributed by atoms with van der Waals surface area (Å²) < 4.78 is 11.0. The van der Waals surface area contributed by atoms with Gasteiger partial charge in [-0.05, 0) is 48.9 Å². The molecule has 1 unspecified atom stereocenters. The molecule has 0 N–H and O–H groups in total. The number of thiophene rings is 1. The van der Waals surface area contributed by atoms with Gasteiger partial charge < -0.3 is 14.4 Å². The van der Waals surface area contributed by atoms with E-state index in [9.17, 15) is 4.79 Å². The fourth-order valence-corrected chi connectivity index (χ4v) is 3.33. The molecule has 3 rings (SSSR count). The van der Waals surface area contributed by atoms with E-state index in [-0.39, 0.29) is 5.91 Å². The van der Waals surface area contributed by atoms with Gasteiger partial charge in [-0.25, -0.2) is 0 Å². The molecule has 1 aromatic heterocycles. The summed E-state index contributed by atoms with van der Waals surface area (Å²) in [5, 5.41) is 2.05. The molecule has 1 fully saturated rings. The molecule has 24 heavy (non-hydrogen) atoms. The van der Waals surface area contributed by atoms with Crippen molar-refractivity contribution in [3.8, 4) is 5.75 Å². The Kier molecular flexibility index (Phi) is 5.53. The summed E-state index contributed by atoms with van der Waals surface area (Å²) >= 11 is 1.69. The minimum absolute atomic E-state index is 0.0776. The molecule has 1 atom stereocenters. The van der Waals surface area contributed by atoms with Gasteiger partial charge in [-0.1, -0.05) is 18.2 Å². The fourth-order valence-electron chi connectivity index (χ4n) is 2.63. The van der Waals surface area contributed by atoms with Gasteiger partial charge in [-0.2, -0.15) is 0 Å². The van der Waals surface area contributed by atoms with E-state index in [0.717, 1.165) is 24.2 Å². The lowest BCUT2D eigenvalue weighted by atomic mass is 10.2. The van der Waals surface area contributed by atoms with Crippen LogP contribution in [0.4, 0.5) is 0 Å². The van der Waals surface area contributed by atoms with E-state index >= 15 is 0 Å². The van der Waals surface area contributed by atoms with Crippen molar-refractivity contribution in [3.63, 3.8) is 0 Å². The maximum absolute atomic E-state index is 12.8. The lowest BCUT2D eigenvalue weighted by molar-refractivity contribution is -0.144. The van der Waals surface area contributed by atoms with Gasteiger partial charge in [-0.3, -0.25) is 4.79 Å². The first kappa shape index (κ1) is 17.0. The van der Waals surface area contributed by atoms with Crippen LogP contribution in [0.3, 0.4) is 0 Å². The number of benzene rings is 1. The van der Waals surface area contributed by atoms with Crippen molar-refractivity contribution >= 4 is 17.2 Å². The maximum atomic E-state index is 12.8. The van der Waals surface area contributed by atoms with Gasteiger partial charge in [0.05, 0.1) is 20.3 Å². The Balaban J connectivity index is 1.58. The molecule has 0 spiro atoms. The number of rotatable bonds is 8. The number of hydrogen-bond acceptors (Lipinski definition) is 4. The molecule has 1 aliphatic rings. The zero-order valence-corrected chi connectivity index (χ0v) is 14.9. The van der Waals surface area contributed by atoms with Crippen molar-refractivity contribution < 1.29 is 14.3 Å². The topological polar surface area (TPSA) is 38.8 Å². The second-order valence-electron chi connectivity index (χ2n) is 6.08. The summed E-state index contributed by atoms with van der Waals surface area (Å²) in [7, 11) is 1.64. The highest BCUT2D eigenvalue weighted by Gasteiger charge is 2.35. The van der Waals surface area contributed by atoms with E-state index < -0.39 is 6.10 Å². The third-order valence-electron chi connectivity index (χ3n) is 4.16. The molecular weight excluding hydrogens is 322 g/mol. The average molecular weight is 345 g/mol. The molecular formula is C19H23NO3S. The molecule has 0 bridgehead atoms. The van der Waals surface area contributed by atoms with Crippen molar-refractivity contribution in [1.29, 1.82) is 0 Å². The molecule has 1 aliphatic carbocycles.